The summed E-state index contributed by atoms with van der Waals surface area (Å²) < 4.78 is 29.2. The predicted octanol–water partition coefficient (Wildman–Crippen LogP) is -3.52. The van der Waals surface area contributed by atoms with Gasteiger partial charge in [0, 0.05) is 0 Å². The standard InChI is InChI=1S/C6H8NO13P/c8-1-2-3(9,17-7(13)14)4(10)5(11)6(12,16-2)20-21(15,18-4)19-5/h2,8-12H,1H2/t2-,3+,4+,5-,6?,21?/m1/s1. The molecule has 3 aliphatic rings. The molecule has 3 aliphatic heterocycles. The van der Waals surface area contributed by atoms with Gasteiger partial charge < -0.3 is 30.3 Å². The first-order chi connectivity index (χ1) is 9.45. The van der Waals surface area contributed by atoms with Crippen LogP contribution in [0.15, 0.2) is 0 Å². The van der Waals surface area contributed by atoms with E-state index in [-0.39, 0.29) is 0 Å². The van der Waals surface area contributed by atoms with Crippen LogP contribution < -0.4 is 0 Å². The van der Waals surface area contributed by atoms with E-state index in [1.807, 2.05) is 0 Å². The number of aliphatic hydroxyl groups is 5. The number of rotatable bonds is 3. The molecule has 5 N–H and O–H groups in total. The van der Waals surface area contributed by atoms with Gasteiger partial charge in [0.25, 0.3) is 10.9 Å². The zero-order valence-electron chi connectivity index (χ0n) is 9.68. The van der Waals surface area contributed by atoms with Gasteiger partial charge in [-0.05, 0) is 0 Å². The normalized spacial score (nSPS) is 58.2. The quantitative estimate of drug-likeness (QED) is 0.147. The van der Waals surface area contributed by atoms with Gasteiger partial charge in [-0.25, -0.2) is 18.1 Å². The highest BCUT2D eigenvalue weighted by molar-refractivity contribution is 7.49. The summed E-state index contributed by atoms with van der Waals surface area (Å²) in [5, 5.41) is 58.2. The fourth-order valence-electron chi connectivity index (χ4n) is 2.28. The Balaban J connectivity index is 2.19. The van der Waals surface area contributed by atoms with Gasteiger partial charge >= 0.3 is 25.4 Å². The summed E-state index contributed by atoms with van der Waals surface area (Å²) in [7, 11) is -4.83. The Morgan fingerprint density at radius 2 is 1.76 bits per heavy atom. The van der Waals surface area contributed by atoms with Crippen LogP contribution in [0.3, 0.4) is 0 Å². The number of ether oxygens (including phenoxy) is 1. The first-order valence-corrected chi connectivity index (χ1v) is 6.65. The smallest absolute Gasteiger partial charge is 0.393 e. The molecule has 15 heteroatoms. The van der Waals surface area contributed by atoms with Crippen molar-refractivity contribution in [3.8, 4) is 0 Å². The maximum Gasteiger partial charge on any atom is 0.485 e. The van der Waals surface area contributed by atoms with Crippen LogP contribution in [0.5, 0.6) is 0 Å². The summed E-state index contributed by atoms with van der Waals surface area (Å²) in [5.41, 5.74) is 0. The molecule has 0 aromatic carbocycles. The van der Waals surface area contributed by atoms with Crippen LogP contribution >= 0.6 is 7.82 Å². The Morgan fingerprint density at radius 1 is 1.19 bits per heavy atom. The lowest BCUT2D eigenvalue weighted by atomic mass is 9.87. The van der Waals surface area contributed by atoms with Crippen molar-refractivity contribution in [3.05, 3.63) is 10.1 Å². The molecule has 0 radical (unpaired) electrons. The monoisotopic (exact) mass is 333 g/mol. The Morgan fingerprint density at radius 3 is 2.24 bits per heavy atom. The molecular formula is C6H8NO13P. The zero-order valence-corrected chi connectivity index (χ0v) is 10.6. The Labute approximate surface area is 113 Å². The van der Waals surface area contributed by atoms with Crippen molar-refractivity contribution in [2.45, 2.75) is 29.4 Å². The molecule has 2 bridgehead atoms. The summed E-state index contributed by atoms with van der Waals surface area (Å²) >= 11 is 0. The van der Waals surface area contributed by atoms with Gasteiger partial charge in [0.05, 0.1) is 6.61 Å². The topological polar surface area (TPSA) is 208 Å². The minimum atomic E-state index is -4.83. The van der Waals surface area contributed by atoms with Gasteiger partial charge in [-0.2, -0.15) is 0 Å². The summed E-state index contributed by atoms with van der Waals surface area (Å²) in [6, 6.07) is 0. The molecular weight excluding hydrogens is 325 g/mol. The number of phosphoric ester groups is 1. The molecule has 120 valence electrons. The van der Waals surface area contributed by atoms with Crippen molar-refractivity contribution in [3.63, 3.8) is 0 Å². The minimum Gasteiger partial charge on any atom is -0.393 e. The lowest BCUT2D eigenvalue weighted by Gasteiger charge is -2.54. The van der Waals surface area contributed by atoms with E-state index in [0.717, 1.165) is 0 Å². The fourth-order valence-corrected chi connectivity index (χ4v) is 4.01. The molecule has 21 heavy (non-hydrogen) atoms. The molecule has 0 amide bonds. The van der Waals surface area contributed by atoms with Crippen LogP contribution in [0.25, 0.3) is 0 Å². The number of hydrogen-bond donors (Lipinski definition) is 5. The van der Waals surface area contributed by atoms with Crippen molar-refractivity contribution in [1.82, 2.24) is 0 Å². The second-order valence-corrected chi connectivity index (χ2v) is 5.83. The molecule has 14 nitrogen and oxygen atoms in total. The molecule has 3 heterocycles. The molecule has 0 aliphatic carbocycles. The highest BCUT2D eigenvalue weighted by Gasteiger charge is 2.94. The Kier molecular flexibility index (Phi) is 2.63. The number of phosphoric acid groups is 1. The third-order valence-corrected chi connectivity index (χ3v) is 4.66. The van der Waals surface area contributed by atoms with Crippen molar-refractivity contribution >= 4 is 7.82 Å². The summed E-state index contributed by atoms with van der Waals surface area (Å²) in [5.74, 6) is -14.1. The number of nitrogens with zero attached hydrogens (tertiary/aromatic N) is 1. The van der Waals surface area contributed by atoms with Gasteiger partial charge in [-0.15, -0.1) is 10.1 Å². The van der Waals surface area contributed by atoms with E-state index in [4.69, 9.17) is 5.11 Å². The highest BCUT2D eigenvalue weighted by Crippen LogP contribution is 2.77. The lowest BCUT2D eigenvalue weighted by Crippen LogP contribution is -2.84. The van der Waals surface area contributed by atoms with Gasteiger partial charge in [0.1, 0.15) is 6.10 Å². The van der Waals surface area contributed by atoms with Gasteiger partial charge in [-0.3, -0.25) is 4.84 Å². The van der Waals surface area contributed by atoms with Crippen LogP contribution in [0.1, 0.15) is 0 Å². The second-order valence-electron chi connectivity index (χ2n) is 4.39. The summed E-state index contributed by atoms with van der Waals surface area (Å²) in [6.07, 6.45) is -2.24. The predicted molar refractivity (Wildman–Crippen MR) is 50.7 cm³/mol. The number of fused-ring (bicyclic) bond motifs is 1. The second kappa shape index (κ2) is 3.69. The van der Waals surface area contributed by atoms with Crippen LogP contribution in [0.2, 0.25) is 0 Å². The average molecular weight is 333 g/mol. The lowest BCUT2D eigenvalue weighted by molar-refractivity contribution is -0.818. The van der Waals surface area contributed by atoms with E-state index in [2.05, 4.69) is 23.1 Å². The van der Waals surface area contributed by atoms with Gasteiger partial charge in [0.15, 0.2) is 0 Å². The fraction of sp³-hybridized carbons (Fsp3) is 1.00. The third kappa shape index (κ3) is 1.44. The molecule has 0 saturated carbocycles. The molecule has 3 saturated heterocycles. The first kappa shape index (κ1) is 15.0. The first-order valence-electron chi connectivity index (χ1n) is 5.19. The largest absolute Gasteiger partial charge is 0.485 e. The van der Waals surface area contributed by atoms with Gasteiger partial charge in [0.2, 0.25) is 0 Å². The molecule has 6 atom stereocenters. The highest BCUT2D eigenvalue weighted by atomic mass is 31.2. The SMILES string of the molecule is O=[N+]([O-])O[C@@]1(O)[C@@H](CO)OC2(O)OP3(=O)O[C@]1(O)[C@@]2(O)O3. The summed E-state index contributed by atoms with van der Waals surface area (Å²) in [6.45, 7) is -1.26. The van der Waals surface area contributed by atoms with Crippen molar-refractivity contribution in [2.75, 3.05) is 6.61 Å². The van der Waals surface area contributed by atoms with E-state index >= 15 is 0 Å². The molecule has 2 unspecified atom stereocenters. The van der Waals surface area contributed by atoms with Crippen LogP contribution in [0.4, 0.5) is 0 Å². The van der Waals surface area contributed by atoms with Crippen LogP contribution in [-0.2, 0) is 27.7 Å². The van der Waals surface area contributed by atoms with E-state index < -0.39 is 49.0 Å². The van der Waals surface area contributed by atoms with Crippen LogP contribution in [0, 0.1) is 10.1 Å². The van der Waals surface area contributed by atoms with E-state index in [0.29, 0.717) is 0 Å². The van der Waals surface area contributed by atoms with Gasteiger partial charge in [-0.1, -0.05) is 0 Å². The summed E-state index contributed by atoms with van der Waals surface area (Å²) in [4.78, 5) is 14.3. The van der Waals surface area contributed by atoms with Crippen LogP contribution in [-0.4, -0.2) is 66.7 Å². The van der Waals surface area contributed by atoms with E-state index in [1.54, 1.807) is 0 Å². The molecule has 3 rings (SSSR count). The number of hydrogen-bond acceptors (Lipinski definition) is 13. The van der Waals surface area contributed by atoms with Crippen molar-refractivity contribution in [2.24, 2.45) is 0 Å². The van der Waals surface area contributed by atoms with Crippen molar-refractivity contribution in [1.29, 1.82) is 0 Å². The molecule has 3 fully saturated rings. The third-order valence-electron chi connectivity index (χ3n) is 3.21. The maximum absolute atomic E-state index is 11.8. The Hall–Kier alpha value is -0.930. The maximum atomic E-state index is 11.8. The molecule has 0 aromatic rings. The number of aliphatic hydroxyl groups excluding tert-OH is 1. The van der Waals surface area contributed by atoms with E-state index in [9.17, 15) is 35.1 Å². The van der Waals surface area contributed by atoms with E-state index in [1.165, 1.54) is 0 Å². The van der Waals surface area contributed by atoms with Crippen molar-refractivity contribution < 1.29 is 58.3 Å². The molecule has 0 spiro atoms. The zero-order chi connectivity index (χ0) is 15.9. The molecule has 0 aromatic heterocycles. The Bertz CT molecular complexity index is 569. The minimum absolute atomic E-state index is 1.26. The average Bonchev–Trinajstić information content (AvgIpc) is 2.65.